The Kier molecular flexibility index (Phi) is 3.62. The average Bonchev–Trinajstić information content (AvgIpc) is 3.12. The molecule has 0 saturated carbocycles. The van der Waals surface area contributed by atoms with E-state index in [1.165, 1.54) is 0 Å². The Labute approximate surface area is 165 Å². The SMILES string of the molecule is CC1(C)[C@H]2Cc3c(F)cccc3[C@]1(C)CCN2C(=O)c1ccc2c(c1)CC=N2. The highest BCUT2D eigenvalue weighted by Crippen LogP contribution is 2.56. The van der Waals surface area contributed by atoms with Gasteiger partial charge in [0, 0.05) is 36.2 Å². The number of rotatable bonds is 1. The number of fused-ring (bicyclic) bond motifs is 5. The van der Waals surface area contributed by atoms with Crippen LogP contribution >= 0.6 is 0 Å². The number of hydrogen-bond donors (Lipinski definition) is 0. The third-order valence-electron chi connectivity index (χ3n) is 7.72. The summed E-state index contributed by atoms with van der Waals surface area (Å²) in [5, 5.41) is 0. The molecular formula is C24H25FN2O. The van der Waals surface area contributed by atoms with E-state index in [1.54, 1.807) is 6.07 Å². The predicted octanol–water partition coefficient (Wildman–Crippen LogP) is 4.84. The van der Waals surface area contributed by atoms with E-state index in [4.69, 9.17) is 0 Å². The zero-order valence-electron chi connectivity index (χ0n) is 16.6. The molecule has 0 spiro atoms. The van der Waals surface area contributed by atoms with Crippen molar-refractivity contribution in [1.82, 2.24) is 4.90 Å². The van der Waals surface area contributed by atoms with Crippen molar-refractivity contribution < 1.29 is 9.18 Å². The maximum Gasteiger partial charge on any atom is 0.254 e. The Morgan fingerprint density at radius 2 is 2.04 bits per heavy atom. The van der Waals surface area contributed by atoms with E-state index in [0.29, 0.717) is 18.5 Å². The molecule has 2 atom stereocenters. The first-order chi connectivity index (χ1) is 13.3. The van der Waals surface area contributed by atoms with Crippen LogP contribution in [0.25, 0.3) is 0 Å². The van der Waals surface area contributed by atoms with Crippen LogP contribution in [0.15, 0.2) is 41.4 Å². The highest BCUT2D eigenvalue weighted by molar-refractivity contribution is 5.96. The van der Waals surface area contributed by atoms with Crippen molar-refractivity contribution >= 4 is 17.8 Å². The maximum atomic E-state index is 14.7. The molecule has 3 nitrogen and oxygen atoms in total. The molecule has 0 aromatic heterocycles. The first-order valence-electron chi connectivity index (χ1n) is 10.1. The van der Waals surface area contributed by atoms with Crippen molar-refractivity contribution in [1.29, 1.82) is 0 Å². The lowest BCUT2D eigenvalue weighted by Gasteiger charge is -2.60. The molecule has 2 bridgehead atoms. The Hall–Kier alpha value is -2.49. The molecule has 28 heavy (non-hydrogen) atoms. The van der Waals surface area contributed by atoms with Gasteiger partial charge in [0.2, 0.25) is 0 Å². The molecule has 1 saturated heterocycles. The molecule has 3 aliphatic rings. The summed E-state index contributed by atoms with van der Waals surface area (Å²) < 4.78 is 14.7. The van der Waals surface area contributed by atoms with Gasteiger partial charge in [-0.1, -0.05) is 32.9 Å². The minimum absolute atomic E-state index is 0.0207. The van der Waals surface area contributed by atoms with Gasteiger partial charge in [0.25, 0.3) is 5.91 Å². The number of piperidine rings is 1. The van der Waals surface area contributed by atoms with Gasteiger partial charge in [-0.3, -0.25) is 9.79 Å². The predicted molar refractivity (Wildman–Crippen MR) is 109 cm³/mol. The normalized spacial score (nSPS) is 26.7. The van der Waals surface area contributed by atoms with Crippen molar-refractivity contribution in [3.05, 3.63) is 64.5 Å². The van der Waals surface area contributed by atoms with E-state index in [9.17, 15) is 9.18 Å². The van der Waals surface area contributed by atoms with Crippen LogP contribution in [0.2, 0.25) is 0 Å². The van der Waals surface area contributed by atoms with Crippen molar-refractivity contribution in [2.24, 2.45) is 10.4 Å². The van der Waals surface area contributed by atoms with Crippen molar-refractivity contribution in [2.75, 3.05) is 6.54 Å². The molecular weight excluding hydrogens is 351 g/mol. The number of aliphatic imine (C=N–C) groups is 1. The number of nitrogens with zero attached hydrogens (tertiary/aromatic N) is 2. The minimum atomic E-state index is -0.145. The summed E-state index contributed by atoms with van der Waals surface area (Å²) in [5.41, 5.74) is 4.40. The molecule has 1 aliphatic carbocycles. The average molecular weight is 376 g/mol. The summed E-state index contributed by atoms with van der Waals surface area (Å²) in [6.07, 6.45) is 4.08. The first kappa shape index (κ1) is 17.6. The molecule has 0 unspecified atom stereocenters. The Balaban J connectivity index is 1.56. The molecule has 0 radical (unpaired) electrons. The van der Waals surface area contributed by atoms with Crippen LogP contribution in [0, 0.1) is 11.2 Å². The summed E-state index contributed by atoms with van der Waals surface area (Å²) >= 11 is 0. The fourth-order valence-corrected chi connectivity index (χ4v) is 5.56. The van der Waals surface area contributed by atoms with Crippen molar-refractivity contribution in [3.63, 3.8) is 0 Å². The fraction of sp³-hybridized carbons (Fsp3) is 0.417. The molecule has 2 aliphatic heterocycles. The van der Waals surface area contributed by atoms with Gasteiger partial charge in [-0.05, 0) is 59.2 Å². The molecule has 1 amide bonds. The Morgan fingerprint density at radius 1 is 1.21 bits per heavy atom. The molecule has 0 N–H and O–H groups in total. The molecule has 2 heterocycles. The summed E-state index contributed by atoms with van der Waals surface area (Å²) in [5.74, 6) is -0.0946. The van der Waals surface area contributed by atoms with E-state index >= 15 is 0 Å². The topological polar surface area (TPSA) is 32.7 Å². The third kappa shape index (κ3) is 2.20. The molecule has 144 valence electrons. The van der Waals surface area contributed by atoms with E-state index < -0.39 is 0 Å². The Morgan fingerprint density at radius 3 is 2.86 bits per heavy atom. The van der Waals surface area contributed by atoms with Crippen LogP contribution in [-0.4, -0.2) is 29.6 Å². The fourth-order valence-electron chi connectivity index (χ4n) is 5.56. The molecule has 1 fully saturated rings. The lowest BCUT2D eigenvalue weighted by Crippen LogP contribution is -2.65. The van der Waals surface area contributed by atoms with Gasteiger partial charge >= 0.3 is 0 Å². The maximum absolute atomic E-state index is 14.7. The number of carbonyl (C=O) groups is 1. The quantitative estimate of drug-likeness (QED) is 0.701. The van der Waals surface area contributed by atoms with Crippen molar-refractivity contribution in [2.45, 2.75) is 51.5 Å². The number of benzene rings is 2. The zero-order valence-corrected chi connectivity index (χ0v) is 16.6. The standard InChI is InChI=1S/C24H25FN2O/c1-23(2)21-14-17-18(5-4-6-19(17)25)24(23,3)10-12-27(21)22(28)16-7-8-20-15(13-16)9-11-26-20/h4-8,11,13,21H,9-10,12,14H2,1-3H3/t21-,24+/m1/s1. The van der Waals surface area contributed by atoms with Crippen LogP contribution in [0.3, 0.4) is 0 Å². The molecule has 5 rings (SSSR count). The smallest absolute Gasteiger partial charge is 0.254 e. The van der Waals surface area contributed by atoms with E-state index in [0.717, 1.165) is 35.2 Å². The third-order valence-corrected chi connectivity index (χ3v) is 7.72. The van der Waals surface area contributed by atoms with E-state index in [-0.39, 0.29) is 28.6 Å². The second kappa shape index (κ2) is 5.76. The van der Waals surface area contributed by atoms with Crippen LogP contribution in [0.4, 0.5) is 10.1 Å². The summed E-state index contributed by atoms with van der Waals surface area (Å²) in [7, 11) is 0. The van der Waals surface area contributed by atoms with Gasteiger partial charge in [-0.25, -0.2) is 4.39 Å². The Bertz CT molecular complexity index is 1030. The highest BCUT2D eigenvalue weighted by atomic mass is 19.1. The van der Waals surface area contributed by atoms with Crippen LogP contribution in [-0.2, 0) is 18.3 Å². The second-order valence-corrected chi connectivity index (χ2v) is 9.15. The lowest BCUT2D eigenvalue weighted by molar-refractivity contribution is -0.0269. The lowest BCUT2D eigenvalue weighted by atomic mass is 9.51. The number of carbonyl (C=O) groups excluding carboxylic acids is 1. The van der Waals surface area contributed by atoms with Gasteiger partial charge in [-0.2, -0.15) is 0 Å². The first-order valence-corrected chi connectivity index (χ1v) is 10.1. The van der Waals surface area contributed by atoms with Gasteiger partial charge in [0.15, 0.2) is 0 Å². The minimum Gasteiger partial charge on any atom is -0.335 e. The molecule has 4 heteroatoms. The summed E-state index contributed by atoms with van der Waals surface area (Å²) in [6.45, 7) is 7.42. The number of likely N-dealkylation sites (tertiary alicyclic amines) is 1. The molecule has 2 aromatic rings. The summed E-state index contributed by atoms with van der Waals surface area (Å²) in [4.78, 5) is 19.8. The number of amides is 1. The van der Waals surface area contributed by atoms with Gasteiger partial charge < -0.3 is 4.90 Å². The molecule has 2 aromatic carbocycles. The largest absolute Gasteiger partial charge is 0.335 e. The van der Waals surface area contributed by atoms with Gasteiger partial charge in [0.1, 0.15) is 5.82 Å². The second-order valence-electron chi connectivity index (χ2n) is 9.15. The van der Waals surface area contributed by atoms with Crippen LogP contribution in [0.5, 0.6) is 0 Å². The zero-order chi connectivity index (χ0) is 19.7. The van der Waals surface area contributed by atoms with Gasteiger partial charge in [0.05, 0.1) is 5.69 Å². The van der Waals surface area contributed by atoms with Crippen LogP contribution in [0.1, 0.15) is 54.2 Å². The van der Waals surface area contributed by atoms with Gasteiger partial charge in [-0.15, -0.1) is 0 Å². The van der Waals surface area contributed by atoms with Crippen molar-refractivity contribution in [3.8, 4) is 0 Å². The van der Waals surface area contributed by atoms with E-state index in [2.05, 4.69) is 31.8 Å². The number of halogens is 1. The monoisotopic (exact) mass is 376 g/mol. The number of hydrogen-bond acceptors (Lipinski definition) is 2. The summed E-state index contributed by atoms with van der Waals surface area (Å²) in [6, 6.07) is 11.2. The van der Waals surface area contributed by atoms with Crippen LogP contribution < -0.4 is 0 Å². The van der Waals surface area contributed by atoms with E-state index in [1.807, 2.05) is 35.4 Å². The highest BCUT2D eigenvalue weighted by Gasteiger charge is 2.57.